The second kappa shape index (κ2) is 5.27. The Kier molecular flexibility index (Phi) is 3.72. The summed E-state index contributed by atoms with van der Waals surface area (Å²) in [7, 11) is -0.374. The summed E-state index contributed by atoms with van der Waals surface area (Å²) >= 11 is 0. The van der Waals surface area contributed by atoms with Crippen LogP contribution in [0.4, 0.5) is 5.69 Å². The number of hydrogen-bond donors (Lipinski definition) is 0. The lowest BCUT2D eigenvalue weighted by Gasteiger charge is -2.32. The second-order valence-electron chi connectivity index (χ2n) is 6.62. The zero-order valence-electron chi connectivity index (χ0n) is 13.3. The standard InChI is InChI=1S/C15H23BN2O3/c1-14(2)15(3,4)21-16(20-14)12-11-17-6-5-13(12)18-7-9-19-10-8-18/h5-6,11H,7-10H2,1-4H3. The lowest BCUT2D eigenvalue weighted by atomic mass is 9.78. The molecule has 6 heteroatoms. The van der Waals surface area contributed by atoms with Gasteiger partial charge in [-0.1, -0.05) is 0 Å². The van der Waals surface area contributed by atoms with Crippen molar-refractivity contribution in [2.24, 2.45) is 0 Å². The van der Waals surface area contributed by atoms with Crippen LogP contribution in [0.3, 0.4) is 0 Å². The number of hydrogen-bond acceptors (Lipinski definition) is 5. The highest BCUT2D eigenvalue weighted by Crippen LogP contribution is 2.37. The molecule has 3 rings (SSSR count). The van der Waals surface area contributed by atoms with Gasteiger partial charge in [0.05, 0.1) is 24.4 Å². The van der Waals surface area contributed by atoms with Crippen molar-refractivity contribution in [2.75, 3.05) is 31.2 Å². The summed E-state index contributed by atoms with van der Waals surface area (Å²) in [5.41, 5.74) is 1.45. The Hall–Kier alpha value is -1.11. The molecule has 0 aromatic carbocycles. The van der Waals surface area contributed by atoms with Crippen LogP contribution < -0.4 is 10.4 Å². The Morgan fingerprint density at radius 2 is 1.71 bits per heavy atom. The summed E-state index contributed by atoms with van der Waals surface area (Å²) < 4.78 is 17.8. The van der Waals surface area contributed by atoms with Crippen molar-refractivity contribution in [1.82, 2.24) is 4.98 Å². The third-order valence-corrected chi connectivity index (χ3v) is 4.69. The highest BCUT2D eigenvalue weighted by atomic mass is 16.7. The number of anilines is 1. The van der Waals surface area contributed by atoms with Gasteiger partial charge in [0.1, 0.15) is 0 Å². The lowest BCUT2D eigenvalue weighted by Crippen LogP contribution is -2.43. The molecule has 0 atom stereocenters. The van der Waals surface area contributed by atoms with Crippen LogP contribution in [-0.2, 0) is 14.0 Å². The minimum absolute atomic E-state index is 0.338. The van der Waals surface area contributed by atoms with E-state index in [9.17, 15) is 0 Å². The van der Waals surface area contributed by atoms with Crippen molar-refractivity contribution in [2.45, 2.75) is 38.9 Å². The SMILES string of the molecule is CC1(C)OB(c2cnccc2N2CCOCC2)OC1(C)C. The van der Waals surface area contributed by atoms with Gasteiger partial charge in [-0.25, -0.2) is 0 Å². The van der Waals surface area contributed by atoms with Crippen LogP contribution in [0.15, 0.2) is 18.5 Å². The molecule has 0 bridgehead atoms. The quantitative estimate of drug-likeness (QED) is 0.766. The molecule has 2 saturated heterocycles. The van der Waals surface area contributed by atoms with E-state index >= 15 is 0 Å². The zero-order chi connectivity index (χ0) is 15.1. The summed E-state index contributed by atoms with van der Waals surface area (Å²) in [6.45, 7) is 11.6. The van der Waals surface area contributed by atoms with Crippen LogP contribution in [0.2, 0.25) is 0 Å². The van der Waals surface area contributed by atoms with Gasteiger partial charge >= 0.3 is 7.12 Å². The van der Waals surface area contributed by atoms with E-state index in [1.165, 1.54) is 0 Å². The largest absolute Gasteiger partial charge is 0.498 e. The molecule has 0 spiro atoms. The van der Waals surface area contributed by atoms with Crippen LogP contribution >= 0.6 is 0 Å². The van der Waals surface area contributed by atoms with Crippen molar-refractivity contribution in [3.8, 4) is 0 Å². The topological polar surface area (TPSA) is 43.8 Å². The van der Waals surface area contributed by atoms with Gasteiger partial charge in [0.25, 0.3) is 0 Å². The van der Waals surface area contributed by atoms with E-state index in [1.54, 1.807) is 0 Å². The molecule has 2 fully saturated rings. The van der Waals surface area contributed by atoms with Crippen LogP contribution in [0.5, 0.6) is 0 Å². The normalized spacial score (nSPS) is 24.4. The van der Waals surface area contributed by atoms with Crippen LogP contribution in [0.25, 0.3) is 0 Å². The first kappa shape index (κ1) is 14.8. The maximum absolute atomic E-state index is 6.16. The Morgan fingerprint density at radius 1 is 1.10 bits per heavy atom. The molecule has 114 valence electrons. The van der Waals surface area contributed by atoms with Gasteiger partial charge in [-0.15, -0.1) is 0 Å². The molecular weight excluding hydrogens is 267 g/mol. The molecule has 2 aliphatic heterocycles. The number of nitrogens with zero attached hydrogens (tertiary/aromatic N) is 2. The van der Waals surface area contributed by atoms with E-state index in [-0.39, 0.29) is 18.3 Å². The van der Waals surface area contributed by atoms with Crippen LogP contribution in [0.1, 0.15) is 27.7 Å². The van der Waals surface area contributed by atoms with Gasteiger partial charge in [-0.3, -0.25) is 4.98 Å². The van der Waals surface area contributed by atoms with Crippen LogP contribution in [-0.4, -0.2) is 49.6 Å². The first-order chi connectivity index (χ1) is 9.91. The molecule has 2 aliphatic rings. The smallest absolute Gasteiger partial charge is 0.399 e. The number of pyridine rings is 1. The molecule has 0 aliphatic carbocycles. The van der Waals surface area contributed by atoms with E-state index in [1.807, 2.05) is 18.5 Å². The molecule has 3 heterocycles. The maximum atomic E-state index is 6.16. The molecule has 0 N–H and O–H groups in total. The molecule has 5 nitrogen and oxygen atoms in total. The van der Waals surface area contributed by atoms with E-state index in [0.717, 1.165) is 37.5 Å². The number of ether oxygens (including phenoxy) is 1. The number of morpholine rings is 1. The average Bonchev–Trinajstić information content (AvgIpc) is 2.68. The summed E-state index contributed by atoms with van der Waals surface area (Å²) in [6, 6.07) is 2.03. The maximum Gasteiger partial charge on any atom is 0.498 e. The third kappa shape index (κ3) is 2.68. The van der Waals surface area contributed by atoms with Crippen molar-refractivity contribution in [1.29, 1.82) is 0 Å². The van der Waals surface area contributed by atoms with Gasteiger partial charge in [-0.05, 0) is 33.8 Å². The third-order valence-electron chi connectivity index (χ3n) is 4.69. The van der Waals surface area contributed by atoms with Gasteiger partial charge in [0, 0.05) is 36.6 Å². The van der Waals surface area contributed by atoms with Crippen molar-refractivity contribution < 1.29 is 14.0 Å². The van der Waals surface area contributed by atoms with E-state index in [4.69, 9.17) is 14.0 Å². The summed E-state index contributed by atoms with van der Waals surface area (Å²) in [5, 5.41) is 0. The molecule has 21 heavy (non-hydrogen) atoms. The highest BCUT2D eigenvalue weighted by Gasteiger charge is 2.52. The van der Waals surface area contributed by atoms with Crippen molar-refractivity contribution >= 4 is 18.3 Å². The fraction of sp³-hybridized carbons (Fsp3) is 0.667. The predicted molar refractivity (Wildman–Crippen MR) is 83.0 cm³/mol. The Balaban J connectivity index is 1.89. The first-order valence-corrected chi connectivity index (χ1v) is 7.53. The van der Waals surface area contributed by atoms with E-state index in [0.29, 0.717) is 0 Å². The summed E-state index contributed by atoms with van der Waals surface area (Å²) in [6.07, 6.45) is 3.67. The van der Waals surface area contributed by atoms with E-state index < -0.39 is 0 Å². The summed E-state index contributed by atoms with van der Waals surface area (Å²) in [4.78, 5) is 6.57. The average molecular weight is 290 g/mol. The van der Waals surface area contributed by atoms with Gasteiger partial charge in [0.15, 0.2) is 0 Å². The van der Waals surface area contributed by atoms with Gasteiger partial charge < -0.3 is 18.9 Å². The van der Waals surface area contributed by atoms with Crippen molar-refractivity contribution in [3.63, 3.8) is 0 Å². The minimum Gasteiger partial charge on any atom is -0.399 e. The molecule has 0 amide bonds. The van der Waals surface area contributed by atoms with Crippen molar-refractivity contribution in [3.05, 3.63) is 18.5 Å². The Labute approximate surface area is 126 Å². The molecule has 0 unspecified atom stereocenters. The molecule has 1 aromatic heterocycles. The zero-order valence-corrected chi connectivity index (χ0v) is 13.3. The predicted octanol–water partition coefficient (Wildman–Crippen LogP) is 1.22. The van der Waals surface area contributed by atoms with Gasteiger partial charge in [0.2, 0.25) is 0 Å². The second-order valence-corrected chi connectivity index (χ2v) is 6.62. The van der Waals surface area contributed by atoms with E-state index in [2.05, 4.69) is 37.6 Å². The fourth-order valence-electron chi connectivity index (χ4n) is 2.64. The Morgan fingerprint density at radius 3 is 2.33 bits per heavy atom. The molecule has 0 radical (unpaired) electrons. The number of rotatable bonds is 2. The first-order valence-electron chi connectivity index (χ1n) is 7.53. The molecule has 0 saturated carbocycles. The monoisotopic (exact) mass is 290 g/mol. The minimum atomic E-state index is -0.374. The molecule has 1 aromatic rings. The van der Waals surface area contributed by atoms with Gasteiger partial charge in [-0.2, -0.15) is 0 Å². The molecular formula is C15H23BN2O3. The number of aromatic nitrogens is 1. The van der Waals surface area contributed by atoms with Crippen LogP contribution in [0, 0.1) is 0 Å². The Bertz CT molecular complexity index is 499. The fourth-order valence-corrected chi connectivity index (χ4v) is 2.64. The summed E-state index contributed by atoms with van der Waals surface area (Å²) in [5.74, 6) is 0. The lowest BCUT2D eigenvalue weighted by molar-refractivity contribution is 0.00578. The highest BCUT2D eigenvalue weighted by molar-refractivity contribution is 6.63.